The fourth-order valence-electron chi connectivity index (χ4n) is 10.4. The summed E-state index contributed by atoms with van der Waals surface area (Å²) in [4.78, 5) is 38.4. The maximum Gasteiger partial charge on any atom is 0.155 e. The fraction of sp³-hybridized carbons (Fsp3) is 0.186. The van der Waals surface area contributed by atoms with E-state index < -0.39 is 0 Å². The molecule has 512 valence electrons. The van der Waals surface area contributed by atoms with Crippen LogP contribution in [-0.4, -0.2) is 41.7 Å². The average molecular weight is 2010 g/mol. The van der Waals surface area contributed by atoms with Crippen molar-refractivity contribution in [3.05, 3.63) is 311 Å². The van der Waals surface area contributed by atoms with E-state index in [4.69, 9.17) is 20.2 Å². The van der Waals surface area contributed by atoms with E-state index in [1.165, 1.54) is 117 Å². The molecule has 98 heavy (non-hydrogen) atoms. The molecule has 0 spiro atoms. The van der Waals surface area contributed by atoms with Gasteiger partial charge in [-0.3, -0.25) is 19.6 Å². The van der Waals surface area contributed by atoms with Crippen molar-refractivity contribution >= 4 is 33.4 Å². The average Bonchev–Trinajstić information content (AvgIpc) is 0.832. The van der Waals surface area contributed by atoms with E-state index in [9.17, 15) is 9.59 Å². The van der Waals surface area contributed by atoms with Crippen molar-refractivity contribution in [2.45, 2.75) is 103 Å². The summed E-state index contributed by atoms with van der Waals surface area (Å²) in [6.07, 6.45) is 7.13. The zero-order chi connectivity index (χ0) is 67.8. The summed E-state index contributed by atoms with van der Waals surface area (Å²) in [6.45, 7) is 27.1. The standard InChI is InChI=1S/2C21H20N.2C17H14N.2C5H8O2.4Ir/c1-14-10-15(2)12-20(11-14)18-6-5-7-19(13-18)21-17(4)16(3)8-9-22-21;1-16(2)13-17-7-5-8-18(14-17)19-9-6-10-20(15-19)21-11-3-4-12-22-21;1-12-6-5-8-15(13(12)2)17-11-10-14-7-3-4-9-16(14)18-17;1-12-7-8-13(2)15(11-12)17-10-9-14-5-3-4-6-16(14)18-17;2*1-4(6)3-5(2)7;;;;/h5-6,8-13H,1-4H3;3-9,11-12,14-16H,13H2,1-2H3;3-7,9-11H,1-2H3;3-10H,1-2H3;2*3,6H,1-2H3;;;;/q4*-1;;;;;;. The van der Waals surface area contributed by atoms with Crippen LogP contribution in [0.3, 0.4) is 0 Å². The minimum Gasteiger partial charge on any atom is -0.512 e. The SMILES string of the molecule is CC(=O)C=C(C)O.CC(=O)C=C(C)O.CC(C)Cc1cccc(-c2cc[c-]c(-c3ccccn3)c2)c1.Cc1[c-]c(-c2ccc3ccccc3n2)c(C)cc1.Cc1cc(C)cc(-c2cc[c-]c(-c3nccc(C)c3C)c2)c1.Cc1cc[c-]c(-c2ccc3ccccc3n2)c1C.[Ir].[Ir].[Ir].[Ir]. The number of hydrogen-bond donors (Lipinski definition) is 2. The van der Waals surface area contributed by atoms with Crippen LogP contribution >= 0.6 is 0 Å². The number of nitrogens with zero attached hydrogens (tertiary/aromatic N) is 4. The number of ketones is 2. The summed E-state index contributed by atoms with van der Waals surface area (Å²) in [5, 5.41) is 19.1. The Morgan fingerprint density at radius 2 is 0.959 bits per heavy atom. The molecule has 0 aliphatic rings. The Morgan fingerprint density at radius 1 is 0.439 bits per heavy atom. The third-order valence-corrected chi connectivity index (χ3v) is 15.1. The van der Waals surface area contributed by atoms with Crippen LogP contribution in [0.5, 0.6) is 0 Å². The van der Waals surface area contributed by atoms with E-state index in [-0.39, 0.29) is 104 Å². The summed E-state index contributed by atoms with van der Waals surface area (Å²) < 4.78 is 0. The van der Waals surface area contributed by atoms with Gasteiger partial charge in [0.2, 0.25) is 0 Å². The molecule has 0 aliphatic heterocycles. The molecule has 8 nitrogen and oxygen atoms in total. The molecule has 0 saturated heterocycles. The van der Waals surface area contributed by atoms with Crippen LogP contribution in [0.1, 0.15) is 91.6 Å². The van der Waals surface area contributed by atoms with Crippen molar-refractivity contribution < 1.29 is 100 Å². The van der Waals surface area contributed by atoms with Gasteiger partial charge >= 0.3 is 0 Å². The second-order valence-electron chi connectivity index (χ2n) is 23.9. The predicted octanol–water partition coefficient (Wildman–Crippen LogP) is 21.6. The van der Waals surface area contributed by atoms with Gasteiger partial charge in [-0.1, -0.05) is 179 Å². The van der Waals surface area contributed by atoms with Crippen molar-refractivity contribution in [3.63, 3.8) is 0 Å². The van der Waals surface area contributed by atoms with E-state index in [1.54, 1.807) is 0 Å². The number of carbonyl (C=O) groups excluding carboxylic acids is 2. The van der Waals surface area contributed by atoms with Gasteiger partial charge in [0.05, 0.1) is 22.6 Å². The Hall–Kier alpha value is -8.10. The van der Waals surface area contributed by atoms with Gasteiger partial charge in [-0.2, -0.15) is 0 Å². The molecule has 0 amide bonds. The first-order valence-electron chi connectivity index (χ1n) is 31.5. The zero-order valence-corrected chi connectivity index (χ0v) is 67.6. The number of benzene rings is 8. The van der Waals surface area contributed by atoms with Gasteiger partial charge in [-0.05, 0) is 142 Å². The van der Waals surface area contributed by atoms with Gasteiger partial charge in [0.25, 0.3) is 0 Å². The molecular weight excluding hydrogens is 1920 g/mol. The molecule has 0 unspecified atom stereocenters. The number of allylic oxidation sites excluding steroid dienone is 4. The van der Waals surface area contributed by atoms with Crippen LogP contribution in [0.25, 0.3) is 89.1 Å². The van der Waals surface area contributed by atoms with E-state index >= 15 is 0 Å². The Balaban J connectivity index is 0.000000316. The van der Waals surface area contributed by atoms with Gasteiger partial charge < -0.3 is 20.2 Å². The molecule has 4 heterocycles. The van der Waals surface area contributed by atoms with Gasteiger partial charge in [0.15, 0.2) is 11.6 Å². The maximum absolute atomic E-state index is 10.0. The summed E-state index contributed by atoms with van der Waals surface area (Å²) in [6, 6.07) is 82.3. The number of carbonyl (C=O) groups is 2. The smallest absolute Gasteiger partial charge is 0.155 e. The first-order valence-corrected chi connectivity index (χ1v) is 31.5. The largest absolute Gasteiger partial charge is 0.512 e. The van der Waals surface area contributed by atoms with Crippen molar-refractivity contribution in [2.75, 3.05) is 0 Å². The summed E-state index contributed by atoms with van der Waals surface area (Å²) in [7, 11) is 0. The second-order valence-corrected chi connectivity index (χ2v) is 23.9. The van der Waals surface area contributed by atoms with Crippen LogP contribution in [0.4, 0.5) is 0 Å². The molecule has 0 fully saturated rings. The van der Waals surface area contributed by atoms with E-state index in [2.05, 4.69) is 225 Å². The van der Waals surface area contributed by atoms with Gasteiger partial charge in [-0.25, -0.2) is 0 Å². The van der Waals surface area contributed by atoms with E-state index in [0.717, 1.165) is 68.0 Å². The Morgan fingerprint density at radius 3 is 1.51 bits per heavy atom. The topological polar surface area (TPSA) is 126 Å². The van der Waals surface area contributed by atoms with Crippen LogP contribution in [0.15, 0.2) is 236 Å². The monoisotopic (exact) mass is 2010 g/mol. The van der Waals surface area contributed by atoms with Gasteiger partial charge in [0, 0.05) is 105 Å². The number of pyridine rings is 4. The van der Waals surface area contributed by atoms with Crippen molar-refractivity contribution in [1.82, 2.24) is 19.9 Å². The van der Waals surface area contributed by atoms with Gasteiger partial charge in [0.1, 0.15) is 0 Å². The second kappa shape index (κ2) is 42.0. The third-order valence-electron chi connectivity index (χ3n) is 15.1. The number of aromatic nitrogens is 4. The van der Waals surface area contributed by atoms with Gasteiger partial charge in [-0.15, -0.1) is 141 Å². The number of hydrogen-bond acceptors (Lipinski definition) is 8. The third kappa shape index (κ3) is 26.3. The molecule has 4 aromatic heterocycles. The minimum absolute atomic E-state index is 0. The van der Waals surface area contributed by atoms with Crippen LogP contribution in [-0.2, 0) is 96.4 Å². The van der Waals surface area contributed by atoms with Crippen LogP contribution in [0.2, 0.25) is 0 Å². The Kier molecular flexibility index (Phi) is 36.0. The van der Waals surface area contributed by atoms with Crippen molar-refractivity contribution in [1.29, 1.82) is 0 Å². The predicted molar refractivity (Wildman–Crippen MR) is 390 cm³/mol. The van der Waals surface area contributed by atoms with Crippen molar-refractivity contribution in [3.8, 4) is 67.3 Å². The fourth-order valence-corrected chi connectivity index (χ4v) is 10.4. The first kappa shape index (κ1) is 84.1. The summed E-state index contributed by atoms with van der Waals surface area (Å²) >= 11 is 0. The number of rotatable bonds is 10. The molecule has 0 atom stereocenters. The molecule has 8 aromatic carbocycles. The van der Waals surface area contributed by atoms with Crippen molar-refractivity contribution in [2.24, 2.45) is 5.92 Å². The number of aliphatic hydroxyl groups excluding tert-OH is 2. The van der Waals surface area contributed by atoms with Crippen LogP contribution in [0, 0.1) is 85.6 Å². The molecule has 12 rings (SSSR count). The molecule has 2 N–H and O–H groups in total. The molecule has 0 saturated carbocycles. The Labute approximate surface area is 635 Å². The Bertz CT molecular complexity index is 4490. The summed E-state index contributed by atoms with van der Waals surface area (Å²) in [5.41, 5.74) is 26.6. The normalized spacial score (nSPS) is 10.4. The van der Waals surface area contributed by atoms with Crippen LogP contribution < -0.4 is 0 Å². The quantitative estimate of drug-likeness (QED) is 0.0788. The zero-order valence-electron chi connectivity index (χ0n) is 58.0. The first-order chi connectivity index (χ1) is 45.0. The molecular formula is C86H84Ir4N4O4-4. The number of fused-ring (bicyclic) bond motifs is 2. The number of aryl methyl sites for hydroxylation is 6. The molecule has 0 aliphatic carbocycles. The van der Waals surface area contributed by atoms with E-state index in [0.29, 0.717) is 5.92 Å². The maximum atomic E-state index is 10.0. The molecule has 12 heteroatoms. The molecule has 0 bridgehead atoms. The number of para-hydroxylation sites is 2. The summed E-state index contributed by atoms with van der Waals surface area (Å²) in [5.74, 6) is 0.545. The minimum atomic E-state index is -0.125. The molecule has 4 radical (unpaired) electrons. The number of aliphatic hydroxyl groups is 2. The molecule has 12 aromatic rings. The van der Waals surface area contributed by atoms with E-state index in [1.807, 2.05) is 91.3 Å².